The molecule has 0 amide bonds. The van der Waals surface area contributed by atoms with Crippen LogP contribution in [0.25, 0.3) is 5.82 Å². The van der Waals surface area contributed by atoms with Crippen molar-refractivity contribution in [2.45, 2.75) is 0 Å². The minimum atomic E-state index is -0.633. The Morgan fingerprint density at radius 1 is 1.21 bits per heavy atom. The van der Waals surface area contributed by atoms with Crippen molar-refractivity contribution in [1.29, 1.82) is 0 Å². The van der Waals surface area contributed by atoms with Crippen molar-refractivity contribution in [2.24, 2.45) is 0 Å². The second-order valence-corrected chi connectivity index (χ2v) is 2.66. The first-order valence-electron chi connectivity index (χ1n) is 4.01. The predicted octanol–water partition coefficient (Wildman–Crippen LogP) is -0.0792. The molecule has 0 unspecified atom stereocenters. The van der Waals surface area contributed by atoms with E-state index in [0.29, 0.717) is 5.82 Å². The standard InChI is InChI=1S/C9H7N3O2/c13-7-4-6-11-12(9(7)14)8-3-1-2-5-10-8/h1-6,11H. The van der Waals surface area contributed by atoms with Gasteiger partial charge in [-0.05, 0) is 12.1 Å². The van der Waals surface area contributed by atoms with Crippen molar-refractivity contribution in [2.75, 3.05) is 0 Å². The molecule has 0 bridgehead atoms. The van der Waals surface area contributed by atoms with Crippen molar-refractivity contribution in [1.82, 2.24) is 14.8 Å². The van der Waals surface area contributed by atoms with Crippen molar-refractivity contribution < 1.29 is 0 Å². The van der Waals surface area contributed by atoms with Gasteiger partial charge in [-0.25, -0.2) is 4.98 Å². The van der Waals surface area contributed by atoms with Crippen LogP contribution in [-0.2, 0) is 0 Å². The van der Waals surface area contributed by atoms with Crippen LogP contribution in [0.1, 0.15) is 0 Å². The maximum atomic E-state index is 11.3. The van der Waals surface area contributed by atoms with Gasteiger partial charge >= 0.3 is 5.56 Å². The van der Waals surface area contributed by atoms with Gasteiger partial charge in [0.15, 0.2) is 5.82 Å². The van der Waals surface area contributed by atoms with Crippen LogP contribution in [0, 0.1) is 0 Å². The van der Waals surface area contributed by atoms with Gasteiger partial charge in [-0.2, -0.15) is 4.68 Å². The molecule has 2 rings (SSSR count). The molecule has 0 aliphatic rings. The summed E-state index contributed by atoms with van der Waals surface area (Å²) in [7, 11) is 0. The number of nitrogens with one attached hydrogen (secondary N) is 1. The van der Waals surface area contributed by atoms with Crippen LogP contribution >= 0.6 is 0 Å². The topological polar surface area (TPSA) is 67.8 Å². The molecule has 0 fully saturated rings. The lowest BCUT2D eigenvalue weighted by molar-refractivity contribution is 0.773. The highest BCUT2D eigenvalue weighted by Gasteiger charge is 2.01. The Morgan fingerprint density at radius 3 is 2.79 bits per heavy atom. The van der Waals surface area contributed by atoms with Crippen molar-refractivity contribution >= 4 is 0 Å². The molecule has 14 heavy (non-hydrogen) atoms. The van der Waals surface area contributed by atoms with Crippen LogP contribution in [-0.4, -0.2) is 14.8 Å². The Morgan fingerprint density at radius 2 is 2.07 bits per heavy atom. The molecule has 5 nitrogen and oxygen atoms in total. The first-order chi connectivity index (χ1) is 6.79. The summed E-state index contributed by atoms with van der Waals surface area (Å²) in [4.78, 5) is 26.3. The zero-order valence-corrected chi connectivity index (χ0v) is 7.18. The maximum absolute atomic E-state index is 11.3. The SMILES string of the molecule is O=c1cc[nH]n(-c2ccccn2)c1=O. The van der Waals surface area contributed by atoms with E-state index in [4.69, 9.17) is 0 Å². The van der Waals surface area contributed by atoms with Gasteiger partial charge in [-0.3, -0.25) is 14.7 Å². The normalized spacial score (nSPS) is 10.0. The van der Waals surface area contributed by atoms with Gasteiger partial charge < -0.3 is 0 Å². The van der Waals surface area contributed by atoms with Crippen LogP contribution in [0.15, 0.2) is 46.2 Å². The number of pyridine rings is 1. The quantitative estimate of drug-likeness (QED) is 0.638. The number of aromatic nitrogens is 3. The number of rotatable bonds is 1. The summed E-state index contributed by atoms with van der Waals surface area (Å²) in [5, 5.41) is 2.64. The smallest absolute Gasteiger partial charge is 0.297 e. The monoisotopic (exact) mass is 189 g/mol. The molecule has 2 aromatic rings. The summed E-state index contributed by atoms with van der Waals surface area (Å²) in [6.07, 6.45) is 2.95. The van der Waals surface area contributed by atoms with E-state index in [1.54, 1.807) is 24.4 Å². The average molecular weight is 189 g/mol. The van der Waals surface area contributed by atoms with Gasteiger partial charge in [-0.15, -0.1) is 0 Å². The Bertz CT molecular complexity index is 542. The van der Waals surface area contributed by atoms with Gasteiger partial charge in [0, 0.05) is 18.5 Å². The molecule has 0 aliphatic carbocycles. The lowest BCUT2D eigenvalue weighted by atomic mass is 10.4. The van der Waals surface area contributed by atoms with Crippen LogP contribution < -0.4 is 11.0 Å². The number of aromatic amines is 1. The summed E-state index contributed by atoms with van der Waals surface area (Å²) >= 11 is 0. The largest absolute Gasteiger partial charge is 0.318 e. The highest BCUT2D eigenvalue weighted by molar-refractivity contribution is 5.19. The number of H-pyrrole nitrogens is 1. The van der Waals surface area contributed by atoms with E-state index >= 15 is 0 Å². The van der Waals surface area contributed by atoms with E-state index in [9.17, 15) is 9.59 Å². The summed E-state index contributed by atoms with van der Waals surface area (Å²) < 4.78 is 1.10. The van der Waals surface area contributed by atoms with Crippen LogP contribution in [0.4, 0.5) is 0 Å². The molecule has 0 spiro atoms. The van der Waals surface area contributed by atoms with Gasteiger partial charge in [0.05, 0.1) is 0 Å². The summed E-state index contributed by atoms with van der Waals surface area (Å²) in [5.41, 5.74) is -1.19. The highest BCUT2D eigenvalue weighted by atomic mass is 16.2. The Kier molecular flexibility index (Phi) is 1.98. The second kappa shape index (κ2) is 3.29. The third-order valence-electron chi connectivity index (χ3n) is 1.73. The third kappa shape index (κ3) is 1.35. The molecule has 0 saturated carbocycles. The minimum Gasteiger partial charge on any atom is -0.297 e. The van der Waals surface area contributed by atoms with E-state index < -0.39 is 11.0 Å². The van der Waals surface area contributed by atoms with Crippen LogP contribution in [0.5, 0.6) is 0 Å². The fourth-order valence-corrected chi connectivity index (χ4v) is 1.08. The number of nitrogens with zero attached hydrogens (tertiary/aromatic N) is 2. The molecule has 70 valence electrons. The van der Waals surface area contributed by atoms with E-state index in [-0.39, 0.29) is 0 Å². The van der Waals surface area contributed by atoms with E-state index in [2.05, 4.69) is 10.1 Å². The Hall–Kier alpha value is -2.17. The average Bonchev–Trinajstić information content (AvgIpc) is 2.23. The van der Waals surface area contributed by atoms with E-state index in [1.807, 2.05) is 0 Å². The zero-order chi connectivity index (χ0) is 9.97. The van der Waals surface area contributed by atoms with Crippen LogP contribution in [0.3, 0.4) is 0 Å². The molecule has 5 heteroatoms. The first-order valence-corrected chi connectivity index (χ1v) is 4.01. The molecular formula is C9H7N3O2. The Labute approximate surface area is 78.6 Å². The van der Waals surface area contributed by atoms with Gasteiger partial charge in [0.25, 0.3) is 0 Å². The molecule has 0 saturated heterocycles. The second-order valence-electron chi connectivity index (χ2n) is 2.66. The minimum absolute atomic E-state index is 0.398. The molecular weight excluding hydrogens is 182 g/mol. The summed E-state index contributed by atoms with van der Waals surface area (Å²) in [6, 6.07) is 6.29. The molecule has 1 N–H and O–H groups in total. The first kappa shape index (κ1) is 8.43. The van der Waals surface area contributed by atoms with Crippen LogP contribution in [0.2, 0.25) is 0 Å². The molecule has 0 radical (unpaired) electrons. The predicted molar refractivity (Wildman–Crippen MR) is 50.5 cm³/mol. The lowest BCUT2D eigenvalue weighted by Gasteiger charge is -2.01. The maximum Gasteiger partial charge on any atom is 0.318 e. The number of hydrogen-bond donors (Lipinski definition) is 1. The fourth-order valence-electron chi connectivity index (χ4n) is 1.08. The zero-order valence-electron chi connectivity index (χ0n) is 7.18. The molecule has 0 aromatic carbocycles. The van der Waals surface area contributed by atoms with E-state index in [0.717, 1.165) is 4.68 Å². The summed E-state index contributed by atoms with van der Waals surface area (Å²) in [6.45, 7) is 0. The lowest BCUT2D eigenvalue weighted by Crippen LogP contribution is -2.34. The fraction of sp³-hybridized carbons (Fsp3) is 0. The Balaban J connectivity index is 2.70. The van der Waals surface area contributed by atoms with Gasteiger partial charge in [0.1, 0.15) is 0 Å². The van der Waals surface area contributed by atoms with Crippen molar-refractivity contribution in [3.8, 4) is 5.82 Å². The third-order valence-corrected chi connectivity index (χ3v) is 1.73. The highest BCUT2D eigenvalue weighted by Crippen LogP contribution is 1.94. The van der Waals surface area contributed by atoms with Crippen molar-refractivity contribution in [3.05, 3.63) is 57.2 Å². The van der Waals surface area contributed by atoms with Gasteiger partial charge in [-0.1, -0.05) is 6.07 Å². The van der Waals surface area contributed by atoms with E-state index in [1.165, 1.54) is 12.3 Å². The molecule has 0 atom stereocenters. The number of hydrogen-bond acceptors (Lipinski definition) is 3. The summed E-state index contributed by atoms with van der Waals surface area (Å²) in [5.74, 6) is 0.398. The van der Waals surface area contributed by atoms with Gasteiger partial charge in [0.2, 0.25) is 5.43 Å². The molecule has 0 aliphatic heterocycles. The molecule has 2 aromatic heterocycles. The van der Waals surface area contributed by atoms with Crippen molar-refractivity contribution in [3.63, 3.8) is 0 Å². The molecule has 2 heterocycles.